The van der Waals surface area contributed by atoms with Gasteiger partial charge in [-0.3, -0.25) is 4.79 Å². The number of carbonyl (C=O) groups excluding carboxylic acids is 1. The van der Waals surface area contributed by atoms with E-state index in [1.165, 1.54) is 16.4 Å². The van der Waals surface area contributed by atoms with Gasteiger partial charge in [0, 0.05) is 26.2 Å². The number of hydrogen-bond acceptors (Lipinski definition) is 7. The Balaban J connectivity index is 1.50. The van der Waals surface area contributed by atoms with E-state index in [1.54, 1.807) is 6.07 Å². The molecule has 0 radical (unpaired) electrons. The minimum absolute atomic E-state index is 0.0615. The molecule has 0 saturated carbocycles. The van der Waals surface area contributed by atoms with Gasteiger partial charge in [-0.25, -0.2) is 8.42 Å². The molecule has 2 saturated heterocycles. The average molecular weight is 421 g/mol. The summed E-state index contributed by atoms with van der Waals surface area (Å²) >= 11 is 0. The predicted molar refractivity (Wildman–Crippen MR) is 106 cm³/mol. The van der Waals surface area contributed by atoms with Crippen LogP contribution >= 0.6 is 0 Å². The number of para-hydroxylation sites is 2. The smallest absolute Gasteiger partial charge is 0.291 e. The monoisotopic (exact) mass is 421 g/mol. The summed E-state index contributed by atoms with van der Waals surface area (Å²) in [5, 5.41) is 2.58. The Hall–Kier alpha value is -2.40. The standard InChI is InChI=1S/C19H23N3O6S/c23-19(20-15-3-1-2-4-16(15)21-7-11-26-12-8-21)17-5-6-18(28-17)29(24,25)22-9-13-27-14-10-22/h1-6H,7-14H2,(H,20,23). The highest BCUT2D eigenvalue weighted by Gasteiger charge is 2.30. The van der Waals surface area contributed by atoms with Gasteiger partial charge in [0.25, 0.3) is 15.9 Å². The van der Waals surface area contributed by atoms with Gasteiger partial charge < -0.3 is 24.1 Å². The molecule has 0 bridgehead atoms. The highest BCUT2D eigenvalue weighted by Crippen LogP contribution is 2.27. The highest BCUT2D eigenvalue weighted by molar-refractivity contribution is 7.89. The lowest BCUT2D eigenvalue weighted by Gasteiger charge is -2.30. The fourth-order valence-corrected chi connectivity index (χ4v) is 4.66. The maximum Gasteiger partial charge on any atom is 0.291 e. The highest BCUT2D eigenvalue weighted by atomic mass is 32.2. The number of amides is 1. The molecule has 29 heavy (non-hydrogen) atoms. The van der Waals surface area contributed by atoms with Crippen LogP contribution in [-0.2, 0) is 19.5 Å². The molecule has 2 fully saturated rings. The van der Waals surface area contributed by atoms with Crippen molar-refractivity contribution in [2.75, 3.05) is 62.8 Å². The summed E-state index contributed by atoms with van der Waals surface area (Å²) in [6, 6.07) is 10.2. The molecule has 0 atom stereocenters. The lowest BCUT2D eigenvalue weighted by molar-refractivity contribution is 0.0723. The second-order valence-corrected chi connectivity index (χ2v) is 8.57. The largest absolute Gasteiger partial charge is 0.438 e. The van der Waals surface area contributed by atoms with E-state index in [0.29, 0.717) is 32.1 Å². The zero-order chi connectivity index (χ0) is 20.3. The summed E-state index contributed by atoms with van der Waals surface area (Å²) in [6.45, 7) is 3.92. The van der Waals surface area contributed by atoms with Crippen LogP contribution in [0.2, 0.25) is 0 Å². The molecule has 1 aromatic heterocycles. The van der Waals surface area contributed by atoms with Gasteiger partial charge in [0.15, 0.2) is 5.76 Å². The van der Waals surface area contributed by atoms with E-state index in [0.717, 1.165) is 18.8 Å². The van der Waals surface area contributed by atoms with Gasteiger partial charge in [-0.05, 0) is 24.3 Å². The lowest BCUT2D eigenvalue weighted by Crippen LogP contribution is -2.40. The van der Waals surface area contributed by atoms with Crippen molar-refractivity contribution in [1.82, 2.24) is 4.31 Å². The third-order valence-corrected chi connectivity index (χ3v) is 6.65. The molecular formula is C19H23N3O6S. The lowest BCUT2D eigenvalue weighted by atomic mass is 10.2. The average Bonchev–Trinajstić information content (AvgIpc) is 3.27. The van der Waals surface area contributed by atoms with Crippen molar-refractivity contribution in [1.29, 1.82) is 0 Å². The Labute approximate surface area is 169 Å². The summed E-state index contributed by atoms with van der Waals surface area (Å²) in [4.78, 5) is 14.8. The number of hydrogen-bond donors (Lipinski definition) is 1. The number of carbonyl (C=O) groups is 1. The molecule has 156 valence electrons. The third-order valence-electron chi connectivity index (χ3n) is 4.87. The second-order valence-electron chi connectivity index (χ2n) is 6.71. The van der Waals surface area contributed by atoms with Crippen LogP contribution in [0, 0.1) is 0 Å². The van der Waals surface area contributed by atoms with Crippen molar-refractivity contribution >= 4 is 27.3 Å². The van der Waals surface area contributed by atoms with Gasteiger partial charge in [-0.1, -0.05) is 12.1 Å². The number of furan rings is 1. The Kier molecular flexibility index (Phi) is 5.86. The number of nitrogens with zero attached hydrogens (tertiary/aromatic N) is 2. The maximum atomic E-state index is 12.7. The molecule has 0 spiro atoms. The number of nitrogens with one attached hydrogen (secondary N) is 1. The van der Waals surface area contributed by atoms with E-state index in [2.05, 4.69) is 10.2 Å². The van der Waals surface area contributed by atoms with E-state index in [-0.39, 0.29) is 23.9 Å². The first kappa shape index (κ1) is 19.9. The van der Waals surface area contributed by atoms with Crippen molar-refractivity contribution in [2.24, 2.45) is 0 Å². The zero-order valence-corrected chi connectivity index (χ0v) is 16.7. The first-order valence-electron chi connectivity index (χ1n) is 9.46. The van der Waals surface area contributed by atoms with Gasteiger partial charge in [0.2, 0.25) is 5.09 Å². The molecule has 10 heteroatoms. The molecule has 2 aliphatic heterocycles. The van der Waals surface area contributed by atoms with Gasteiger partial charge >= 0.3 is 0 Å². The van der Waals surface area contributed by atoms with Crippen LogP contribution in [0.1, 0.15) is 10.6 Å². The second kappa shape index (κ2) is 8.54. The van der Waals surface area contributed by atoms with E-state index in [4.69, 9.17) is 13.9 Å². The summed E-state index contributed by atoms with van der Waals surface area (Å²) in [5.74, 6) is -0.567. The fraction of sp³-hybridized carbons (Fsp3) is 0.421. The Morgan fingerprint density at radius 3 is 2.28 bits per heavy atom. The molecule has 9 nitrogen and oxygen atoms in total. The SMILES string of the molecule is O=C(Nc1ccccc1N1CCOCC1)c1ccc(S(=O)(=O)N2CCOCC2)o1. The Bertz CT molecular complexity index is 962. The van der Waals surface area contributed by atoms with E-state index in [1.807, 2.05) is 18.2 Å². The van der Waals surface area contributed by atoms with Crippen molar-refractivity contribution in [3.05, 3.63) is 42.2 Å². The molecule has 1 aromatic carbocycles. The van der Waals surface area contributed by atoms with Crippen molar-refractivity contribution in [3.63, 3.8) is 0 Å². The number of sulfonamides is 1. The van der Waals surface area contributed by atoms with Gasteiger partial charge in [-0.2, -0.15) is 4.31 Å². The minimum atomic E-state index is -3.79. The summed E-state index contributed by atoms with van der Waals surface area (Å²) in [5.41, 5.74) is 1.52. The van der Waals surface area contributed by atoms with E-state index in [9.17, 15) is 13.2 Å². The minimum Gasteiger partial charge on any atom is -0.438 e. The first-order valence-corrected chi connectivity index (χ1v) is 10.9. The third kappa shape index (κ3) is 4.30. The summed E-state index contributed by atoms with van der Waals surface area (Å²) < 4.78 is 42.6. The molecule has 4 rings (SSSR count). The van der Waals surface area contributed by atoms with Crippen molar-refractivity contribution in [2.45, 2.75) is 5.09 Å². The van der Waals surface area contributed by atoms with Crippen LogP contribution in [0.25, 0.3) is 0 Å². The molecule has 1 amide bonds. The van der Waals surface area contributed by atoms with E-state index >= 15 is 0 Å². The van der Waals surface area contributed by atoms with Crippen LogP contribution in [0.15, 0.2) is 45.9 Å². The summed E-state index contributed by atoms with van der Waals surface area (Å²) in [6.07, 6.45) is 0. The topological polar surface area (TPSA) is 101 Å². The number of ether oxygens (including phenoxy) is 2. The Morgan fingerprint density at radius 2 is 1.55 bits per heavy atom. The maximum absolute atomic E-state index is 12.7. The molecule has 2 aliphatic rings. The van der Waals surface area contributed by atoms with Crippen LogP contribution in [0.4, 0.5) is 11.4 Å². The molecule has 0 aliphatic carbocycles. The zero-order valence-electron chi connectivity index (χ0n) is 15.9. The van der Waals surface area contributed by atoms with Crippen LogP contribution < -0.4 is 10.2 Å². The quantitative estimate of drug-likeness (QED) is 0.778. The first-order chi connectivity index (χ1) is 14.1. The van der Waals surface area contributed by atoms with Crippen molar-refractivity contribution in [3.8, 4) is 0 Å². The molecule has 1 N–H and O–H groups in total. The van der Waals surface area contributed by atoms with Gasteiger partial charge in [0.05, 0.1) is 37.8 Å². The Morgan fingerprint density at radius 1 is 0.897 bits per heavy atom. The molecule has 0 unspecified atom stereocenters. The van der Waals surface area contributed by atoms with Gasteiger partial charge in [-0.15, -0.1) is 0 Å². The van der Waals surface area contributed by atoms with Crippen LogP contribution in [0.3, 0.4) is 0 Å². The number of anilines is 2. The number of benzene rings is 1. The predicted octanol–water partition coefficient (Wildman–Crippen LogP) is 1.39. The van der Waals surface area contributed by atoms with Gasteiger partial charge in [0.1, 0.15) is 0 Å². The van der Waals surface area contributed by atoms with Crippen LogP contribution in [0.5, 0.6) is 0 Å². The van der Waals surface area contributed by atoms with Crippen molar-refractivity contribution < 1.29 is 27.1 Å². The van der Waals surface area contributed by atoms with E-state index < -0.39 is 15.9 Å². The molecule has 3 heterocycles. The normalized spacial score (nSPS) is 18.6. The molecular weight excluding hydrogens is 398 g/mol. The summed E-state index contributed by atoms with van der Waals surface area (Å²) in [7, 11) is -3.79. The molecule has 2 aromatic rings. The number of morpholine rings is 2. The fourth-order valence-electron chi connectivity index (χ4n) is 3.34. The van der Waals surface area contributed by atoms with Crippen LogP contribution in [-0.4, -0.2) is 71.2 Å². The number of rotatable bonds is 5.